The van der Waals surface area contributed by atoms with Gasteiger partial charge in [0.1, 0.15) is 5.82 Å². The molecule has 0 spiro atoms. The number of aromatic nitrogens is 1. The van der Waals surface area contributed by atoms with E-state index in [0.29, 0.717) is 0 Å². The van der Waals surface area contributed by atoms with Crippen molar-refractivity contribution < 1.29 is 4.92 Å². The predicted molar refractivity (Wildman–Crippen MR) is 74.7 cm³/mol. The Morgan fingerprint density at radius 1 is 1.05 bits per heavy atom. The van der Waals surface area contributed by atoms with Crippen molar-refractivity contribution >= 4 is 17.2 Å². The van der Waals surface area contributed by atoms with Crippen LogP contribution in [0.3, 0.4) is 0 Å². The van der Waals surface area contributed by atoms with E-state index in [-0.39, 0.29) is 5.69 Å². The van der Waals surface area contributed by atoms with E-state index in [1.54, 1.807) is 28.1 Å². The molecule has 2 aromatic rings. The van der Waals surface area contributed by atoms with Crippen LogP contribution in [0.25, 0.3) is 0 Å². The molecule has 2 heterocycles. The second kappa shape index (κ2) is 5.00. The highest BCUT2D eigenvalue weighted by atomic mass is 16.6. The average molecular weight is 266 g/mol. The predicted octanol–water partition coefficient (Wildman–Crippen LogP) is 2.78. The summed E-state index contributed by atoms with van der Waals surface area (Å²) in [5, 5.41) is 10.6. The van der Waals surface area contributed by atoms with Crippen LogP contribution in [-0.2, 0) is 0 Å². The summed E-state index contributed by atoms with van der Waals surface area (Å²) in [6.07, 6.45) is 5.35. The Labute approximate surface area is 115 Å². The molecule has 1 aromatic heterocycles. The van der Waals surface area contributed by atoms with Gasteiger partial charge < -0.3 is 4.90 Å². The molecule has 6 nitrogen and oxygen atoms in total. The highest BCUT2D eigenvalue weighted by Crippen LogP contribution is 2.26. The fourth-order valence-corrected chi connectivity index (χ4v) is 1.82. The van der Waals surface area contributed by atoms with Crippen molar-refractivity contribution in [2.24, 2.45) is 0 Å². The van der Waals surface area contributed by atoms with E-state index in [0.717, 1.165) is 11.5 Å². The molecular weight excluding hydrogens is 256 g/mol. The van der Waals surface area contributed by atoms with Gasteiger partial charge in [-0.05, 0) is 24.3 Å². The van der Waals surface area contributed by atoms with Gasteiger partial charge in [-0.1, -0.05) is 6.07 Å². The summed E-state index contributed by atoms with van der Waals surface area (Å²) in [6, 6.07) is 11.9. The monoisotopic (exact) mass is 266 g/mol. The van der Waals surface area contributed by atoms with Gasteiger partial charge in [-0.3, -0.25) is 15.0 Å². The maximum Gasteiger partial charge on any atom is 0.269 e. The molecule has 20 heavy (non-hydrogen) atoms. The Balaban J connectivity index is 1.75. The maximum atomic E-state index is 10.6. The van der Waals surface area contributed by atoms with Crippen LogP contribution in [0.15, 0.2) is 61.1 Å². The zero-order valence-electron chi connectivity index (χ0n) is 10.4. The lowest BCUT2D eigenvalue weighted by Crippen LogP contribution is -2.18. The summed E-state index contributed by atoms with van der Waals surface area (Å²) < 4.78 is 0. The molecule has 0 saturated heterocycles. The van der Waals surface area contributed by atoms with Crippen molar-refractivity contribution in [3.63, 3.8) is 0 Å². The maximum absolute atomic E-state index is 10.6. The lowest BCUT2D eigenvalue weighted by Gasteiger charge is -2.17. The van der Waals surface area contributed by atoms with E-state index in [4.69, 9.17) is 0 Å². The van der Waals surface area contributed by atoms with Crippen molar-refractivity contribution in [2.75, 3.05) is 9.80 Å². The van der Waals surface area contributed by atoms with Crippen LogP contribution in [0, 0.1) is 16.8 Å². The highest BCUT2D eigenvalue weighted by Gasteiger charge is 2.18. The standard InChI is InChI=1S/C14H10N4O2/c19-18(20)13-6-4-12(5-7-13)16-9-10-17(11-16)14-3-1-2-8-15-14/h1-10H. The molecule has 2 radical (unpaired) electrons. The third-order valence-corrected chi connectivity index (χ3v) is 2.82. The van der Waals surface area contributed by atoms with E-state index in [1.165, 1.54) is 12.1 Å². The Kier molecular flexibility index (Phi) is 3.04. The van der Waals surface area contributed by atoms with E-state index >= 15 is 0 Å². The van der Waals surface area contributed by atoms with Crippen LogP contribution in [0.4, 0.5) is 17.2 Å². The highest BCUT2D eigenvalue weighted by molar-refractivity contribution is 5.61. The molecule has 0 amide bonds. The number of anilines is 2. The van der Waals surface area contributed by atoms with Crippen molar-refractivity contribution in [1.29, 1.82) is 0 Å². The average Bonchev–Trinajstić information content (AvgIpc) is 2.98. The van der Waals surface area contributed by atoms with Crippen LogP contribution in [0.5, 0.6) is 0 Å². The van der Waals surface area contributed by atoms with E-state index in [1.807, 2.05) is 30.6 Å². The van der Waals surface area contributed by atoms with Crippen molar-refractivity contribution in [3.8, 4) is 0 Å². The number of nitrogens with zero attached hydrogens (tertiary/aromatic N) is 4. The first-order chi connectivity index (χ1) is 9.74. The van der Waals surface area contributed by atoms with Gasteiger partial charge in [0.2, 0.25) is 6.67 Å². The lowest BCUT2D eigenvalue weighted by molar-refractivity contribution is -0.384. The number of hydrogen-bond acceptors (Lipinski definition) is 5. The molecule has 0 aliphatic carbocycles. The molecule has 1 aliphatic heterocycles. The topological polar surface area (TPSA) is 62.5 Å². The normalized spacial score (nSPS) is 13.8. The van der Waals surface area contributed by atoms with Crippen LogP contribution in [0.1, 0.15) is 0 Å². The van der Waals surface area contributed by atoms with Crippen molar-refractivity contribution in [2.45, 2.75) is 0 Å². The van der Waals surface area contributed by atoms with Crippen LogP contribution in [-0.4, -0.2) is 9.91 Å². The van der Waals surface area contributed by atoms with Crippen LogP contribution >= 0.6 is 0 Å². The molecule has 1 aliphatic rings. The Morgan fingerprint density at radius 3 is 2.45 bits per heavy atom. The third kappa shape index (κ3) is 2.31. The van der Waals surface area contributed by atoms with Gasteiger partial charge in [0, 0.05) is 36.4 Å². The minimum atomic E-state index is -0.419. The lowest BCUT2D eigenvalue weighted by atomic mass is 10.3. The molecule has 0 bridgehead atoms. The first-order valence-electron chi connectivity index (χ1n) is 5.92. The Bertz CT molecular complexity index is 640. The summed E-state index contributed by atoms with van der Waals surface area (Å²) in [5.41, 5.74) is 0.865. The largest absolute Gasteiger partial charge is 0.315 e. The minimum absolute atomic E-state index is 0.0681. The first-order valence-corrected chi connectivity index (χ1v) is 5.92. The molecule has 98 valence electrons. The van der Waals surface area contributed by atoms with Crippen LogP contribution in [0.2, 0.25) is 0 Å². The molecule has 0 atom stereocenters. The molecular formula is C14H10N4O2. The van der Waals surface area contributed by atoms with E-state index in [2.05, 4.69) is 11.7 Å². The number of benzene rings is 1. The zero-order chi connectivity index (χ0) is 13.9. The molecule has 0 saturated carbocycles. The molecule has 3 rings (SSSR count). The molecule has 6 heteroatoms. The summed E-state index contributed by atoms with van der Waals surface area (Å²) in [7, 11) is 0. The number of nitro groups is 1. The number of nitro benzene ring substituents is 1. The van der Waals surface area contributed by atoms with Gasteiger partial charge in [-0.15, -0.1) is 0 Å². The minimum Gasteiger partial charge on any atom is -0.315 e. The fraction of sp³-hybridized carbons (Fsp3) is 0. The zero-order valence-corrected chi connectivity index (χ0v) is 10.4. The SMILES string of the molecule is O=[N+]([O-])c1ccc(N2[C]N(c3ccccn3)C=C2)cc1. The summed E-state index contributed by atoms with van der Waals surface area (Å²) in [5.74, 6) is 0.758. The fourth-order valence-electron chi connectivity index (χ4n) is 1.82. The number of pyridine rings is 1. The summed E-state index contributed by atoms with van der Waals surface area (Å²) in [4.78, 5) is 17.9. The second-order valence-electron chi connectivity index (χ2n) is 4.10. The van der Waals surface area contributed by atoms with Gasteiger partial charge in [0.15, 0.2) is 0 Å². The Hall–Kier alpha value is -2.89. The number of hydrogen-bond donors (Lipinski definition) is 0. The van der Waals surface area contributed by atoms with Gasteiger partial charge in [0.25, 0.3) is 5.69 Å². The van der Waals surface area contributed by atoms with Crippen LogP contribution < -0.4 is 9.80 Å². The summed E-state index contributed by atoms with van der Waals surface area (Å²) in [6.45, 7) is 3.10. The van der Waals surface area contributed by atoms with Crippen molar-refractivity contribution in [1.82, 2.24) is 4.98 Å². The number of rotatable bonds is 3. The number of non-ortho nitro benzene ring substituents is 1. The van der Waals surface area contributed by atoms with Gasteiger partial charge in [-0.2, -0.15) is 0 Å². The van der Waals surface area contributed by atoms with Crippen molar-refractivity contribution in [3.05, 3.63) is 77.8 Å². The molecule has 0 fully saturated rings. The third-order valence-electron chi connectivity index (χ3n) is 2.82. The second-order valence-corrected chi connectivity index (χ2v) is 4.10. The van der Waals surface area contributed by atoms with Gasteiger partial charge >= 0.3 is 0 Å². The molecule has 1 aromatic carbocycles. The van der Waals surface area contributed by atoms with Gasteiger partial charge in [0.05, 0.1) is 4.92 Å². The molecule has 0 N–H and O–H groups in total. The van der Waals surface area contributed by atoms with E-state index in [9.17, 15) is 10.1 Å². The van der Waals surface area contributed by atoms with Gasteiger partial charge in [-0.25, -0.2) is 4.98 Å². The van der Waals surface area contributed by atoms with E-state index < -0.39 is 4.92 Å². The molecule has 0 unspecified atom stereocenters. The quantitative estimate of drug-likeness (QED) is 0.631. The Morgan fingerprint density at radius 2 is 1.80 bits per heavy atom. The smallest absolute Gasteiger partial charge is 0.269 e. The summed E-state index contributed by atoms with van der Waals surface area (Å²) >= 11 is 0. The first kappa shape index (κ1) is 12.2.